The summed E-state index contributed by atoms with van der Waals surface area (Å²) in [5.74, 6) is 1.03. The van der Waals surface area contributed by atoms with Gasteiger partial charge in [-0.05, 0) is 48.7 Å². The molecule has 1 N–H and O–H groups in total. The van der Waals surface area contributed by atoms with Gasteiger partial charge in [-0.1, -0.05) is 72.4 Å². The van der Waals surface area contributed by atoms with Crippen LogP contribution in [0.4, 0.5) is 5.69 Å². The Morgan fingerprint density at radius 1 is 0.935 bits per heavy atom. The standard InChI is InChI=1S/C25H24N4OS/c1-18-13-14-19(2)22(15-18)26-24(30)17-31-25-28-27-23(16-20-9-5-3-6-10-20)29(25)21-11-7-4-8-12-21/h3-15H,16-17H2,1-2H3,(H,26,30). The molecular weight excluding hydrogens is 404 g/mol. The summed E-state index contributed by atoms with van der Waals surface area (Å²) in [5, 5.41) is 12.5. The van der Waals surface area contributed by atoms with Gasteiger partial charge in [-0.2, -0.15) is 0 Å². The quantitative estimate of drug-likeness (QED) is 0.411. The van der Waals surface area contributed by atoms with Crippen LogP contribution < -0.4 is 5.32 Å². The van der Waals surface area contributed by atoms with Crippen LogP contribution in [0.15, 0.2) is 84.0 Å². The maximum absolute atomic E-state index is 12.6. The highest BCUT2D eigenvalue weighted by Gasteiger charge is 2.16. The first-order valence-corrected chi connectivity index (χ1v) is 11.1. The molecule has 31 heavy (non-hydrogen) atoms. The van der Waals surface area contributed by atoms with Crippen molar-refractivity contribution in [3.8, 4) is 5.69 Å². The van der Waals surface area contributed by atoms with E-state index in [2.05, 4.69) is 27.6 Å². The molecule has 0 spiro atoms. The van der Waals surface area contributed by atoms with Gasteiger partial charge in [0.25, 0.3) is 0 Å². The Bertz CT molecular complexity index is 1170. The lowest BCUT2D eigenvalue weighted by atomic mass is 10.1. The molecule has 0 bridgehead atoms. The van der Waals surface area contributed by atoms with Crippen LogP contribution in [0.25, 0.3) is 5.69 Å². The molecule has 4 rings (SSSR count). The van der Waals surface area contributed by atoms with Crippen LogP contribution in [0.3, 0.4) is 0 Å². The zero-order valence-electron chi connectivity index (χ0n) is 17.6. The van der Waals surface area contributed by atoms with Crippen LogP contribution in [0.2, 0.25) is 0 Å². The summed E-state index contributed by atoms with van der Waals surface area (Å²) in [6, 6.07) is 26.2. The SMILES string of the molecule is Cc1ccc(C)c(NC(=O)CSc2nnc(Cc3ccccc3)n2-c2ccccc2)c1. The maximum atomic E-state index is 12.6. The van der Waals surface area contributed by atoms with Gasteiger partial charge in [0.2, 0.25) is 5.91 Å². The molecule has 156 valence electrons. The van der Waals surface area contributed by atoms with Crippen molar-refractivity contribution in [3.05, 3.63) is 101 Å². The maximum Gasteiger partial charge on any atom is 0.234 e. The second-order valence-electron chi connectivity index (χ2n) is 7.39. The lowest BCUT2D eigenvalue weighted by molar-refractivity contribution is -0.113. The number of nitrogens with one attached hydrogen (secondary N) is 1. The number of thioether (sulfide) groups is 1. The van der Waals surface area contributed by atoms with Crippen molar-refractivity contribution in [1.29, 1.82) is 0 Å². The smallest absolute Gasteiger partial charge is 0.234 e. The summed E-state index contributed by atoms with van der Waals surface area (Å²) < 4.78 is 2.03. The Balaban J connectivity index is 1.54. The minimum atomic E-state index is -0.0640. The molecule has 6 heteroatoms. The summed E-state index contributed by atoms with van der Waals surface area (Å²) in [5.41, 5.74) is 5.15. The van der Waals surface area contributed by atoms with E-state index in [0.29, 0.717) is 11.6 Å². The van der Waals surface area contributed by atoms with Crippen LogP contribution in [-0.4, -0.2) is 26.4 Å². The molecule has 0 aliphatic heterocycles. The van der Waals surface area contributed by atoms with Crippen LogP contribution in [0, 0.1) is 13.8 Å². The van der Waals surface area contributed by atoms with E-state index < -0.39 is 0 Å². The Labute approximate surface area is 186 Å². The highest BCUT2D eigenvalue weighted by Crippen LogP contribution is 2.24. The summed E-state index contributed by atoms with van der Waals surface area (Å²) in [7, 11) is 0. The fourth-order valence-corrected chi connectivity index (χ4v) is 4.08. The summed E-state index contributed by atoms with van der Waals surface area (Å²) >= 11 is 1.39. The molecule has 1 heterocycles. The second kappa shape index (κ2) is 9.62. The average molecular weight is 429 g/mol. The minimum absolute atomic E-state index is 0.0640. The molecule has 0 unspecified atom stereocenters. The zero-order valence-corrected chi connectivity index (χ0v) is 18.4. The number of aromatic nitrogens is 3. The molecule has 3 aromatic carbocycles. The van der Waals surface area contributed by atoms with E-state index in [-0.39, 0.29) is 11.7 Å². The van der Waals surface area contributed by atoms with E-state index in [9.17, 15) is 4.79 Å². The summed E-state index contributed by atoms with van der Waals surface area (Å²) in [6.07, 6.45) is 0.665. The first kappa shape index (κ1) is 20.9. The third kappa shape index (κ3) is 5.22. The van der Waals surface area contributed by atoms with Crippen molar-refractivity contribution in [3.63, 3.8) is 0 Å². The van der Waals surface area contributed by atoms with Crippen molar-refractivity contribution in [1.82, 2.24) is 14.8 Å². The molecule has 0 saturated carbocycles. The van der Waals surface area contributed by atoms with Crippen molar-refractivity contribution < 1.29 is 4.79 Å². The molecule has 0 aliphatic carbocycles. The van der Waals surface area contributed by atoms with Gasteiger partial charge in [-0.25, -0.2) is 0 Å². The van der Waals surface area contributed by atoms with Crippen molar-refractivity contribution in [2.45, 2.75) is 25.4 Å². The predicted molar refractivity (Wildman–Crippen MR) is 126 cm³/mol. The van der Waals surface area contributed by atoms with Gasteiger partial charge in [0.1, 0.15) is 5.82 Å². The van der Waals surface area contributed by atoms with E-state index >= 15 is 0 Å². The van der Waals surface area contributed by atoms with Crippen molar-refractivity contribution in [2.24, 2.45) is 0 Å². The number of aryl methyl sites for hydroxylation is 2. The van der Waals surface area contributed by atoms with E-state index in [1.807, 2.05) is 85.1 Å². The number of hydrogen-bond acceptors (Lipinski definition) is 4. The number of rotatable bonds is 7. The minimum Gasteiger partial charge on any atom is -0.325 e. The Morgan fingerprint density at radius 3 is 2.39 bits per heavy atom. The predicted octanol–water partition coefficient (Wildman–Crippen LogP) is 5.21. The number of benzene rings is 3. The zero-order chi connectivity index (χ0) is 21.6. The molecule has 0 radical (unpaired) electrons. The van der Waals surface area contributed by atoms with E-state index in [1.54, 1.807) is 0 Å². The Morgan fingerprint density at radius 2 is 1.65 bits per heavy atom. The number of hydrogen-bond donors (Lipinski definition) is 1. The van der Waals surface area contributed by atoms with Crippen LogP contribution in [0.5, 0.6) is 0 Å². The highest BCUT2D eigenvalue weighted by atomic mass is 32.2. The fourth-order valence-electron chi connectivity index (χ4n) is 3.31. The summed E-state index contributed by atoms with van der Waals surface area (Å²) in [4.78, 5) is 12.6. The number of amides is 1. The third-order valence-electron chi connectivity index (χ3n) is 4.92. The number of nitrogens with zero attached hydrogens (tertiary/aromatic N) is 3. The fraction of sp³-hybridized carbons (Fsp3) is 0.160. The molecule has 0 fully saturated rings. The lowest BCUT2D eigenvalue weighted by Crippen LogP contribution is -2.15. The number of para-hydroxylation sites is 1. The van der Waals surface area contributed by atoms with Gasteiger partial charge in [0, 0.05) is 17.8 Å². The normalized spacial score (nSPS) is 10.8. The molecule has 1 aromatic heterocycles. The number of carbonyl (C=O) groups excluding carboxylic acids is 1. The van der Waals surface area contributed by atoms with E-state index in [1.165, 1.54) is 11.8 Å². The van der Waals surface area contributed by atoms with Gasteiger partial charge in [0.15, 0.2) is 5.16 Å². The van der Waals surface area contributed by atoms with Gasteiger partial charge >= 0.3 is 0 Å². The third-order valence-corrected chi connectivity index (χ3v) is 5.85. The Hall–Kier alpha value is -3.38. The van der Waals surface area contributed by atoms with Crippen LogP contribution in [0.1, 0.15) is 22.5 Å². The van der Waals surface area contributed by atoms with E-state index in [4.69, 9.17) is 0 Å². The van der Waals surface area contributed by atoms with Crippen molar-refractivity contribution in [2.75, 3.05) is 11.1 Å². The highest BCUT2D eigenvalue weighted by molar-refractivity contribution is 7.99. The molecule has 5 nitrogen and oxygen atoms in total. The number of anilines is 1. The molecular formula is C25H24N4OS. The molecule has 1 amide bonds. The topological polar surface area (TPSA) is 59.8 Å². The van der Waals surface area contributed by atoms with Crippen LogP contribution in [-0.2, 0) is 11.2 Å². The number of carbonyl (C=O) groups is 1. The first-order valence-electron chi connectivity index (χ1n) is 10.1. The molecule has 0 aliphatic rings. The monoisotopic (exact) mass is 428 g/mol. The van der Waals surface area contributed by atoms with E-state index in [0.717, 1.165) is 33.9 Å². The average Bonchev–Trinajstić information content (AvgIpc) is 3.18. The second-order valence-corrected chi connectivity index (χ2v) is 8.33. The largest absolute Gasteiger partial charge is 0.325 e. The first-order chi connectivity index (χ1) is 15.1. The Kier molecular flexibility index (Phi) is 6.48. The van der Waals surface area contributed by atoms with Gasteiger partial charge in [-0.15, -0.1) is 10.2 Å². The van der Waals surface area contributed by atoms with Crippen LogP contribution >= 0.6 is 11.8 Å². The lowest BCUT2D eigenvalue weighted by Gasteiger charge is -2.11. The van der Waals surface area contributed by atoms with Gasteiger partial charge in [-0.3, -0.25) is 9.36 Å². The molecule has 0 saturated heterocycles. The van der Waals surface area contributed by atoms with Crippen molar-refractivity contribution >= 4 is 23.4 Å². The molecule has 0 atom stereocenters. The van der Waals surface area contributed by atoms with Gasteiger partial charge in [0.05, 0.1) is 5.75 Å². The summed E-state index contributed by atoms with van der Waals surface area (Å²) in [6.45, 7) is 4.00. The van der Waals surface area contributed by atoms with Gasteiger partial charge < -0.3 is 5.32 Å². The molecule has 4 aromatic rings.